The van der Waals surface area contributed by atoms with Crippen molar-refractivity contribution in [2.24, 2.45) is 5.92 Å². The zero-order chi connectivity index (χ0) is 19.0. The zero-order valence-corrected chi connectivity index (χ0v) is 18.4. The molecule has 4 unspecified atom stereocenters. The van der Waals surface area contributed by atoms with E-state index in [0.29, 0.717) is 11.7 Å². The lowest BCUT2D eigenvalue weighted by atomic mass is 9.90. The molecule has 0 aromatic heterocycles. The number of anilines is 1. The summed E-state index contributed by atoms with van der Waals surface area (Å²) in [6.45, 7) is 0. The molecule has 3 aliphatic heterocycles. The summed E-state index contributed by atoms with van der Waals surface area (Å²) in [4.78, 5) is 3.87. The van der Waals surface area contributed by atoms with E-state index in [9.17, 15) is 0 Å². The van der Waals surface area contributed by atoms with Crippen molar-refractivity contribution in [2.45, 2.75) is 55.8 Å². The van der Waals surface area contributed by atoms with Crippen LogP contribution in [0.25, 0.3) is 0 Å². The third-order valence-corrected chi connectivity index (χ3v) is 8.66. The van der Waals surface area contributed by atoms with E-state index in [-0.39, 0.29) is 12.3 Å². The van der Waals surface area contributed by atoms with E-state index in [1.165, 1.54) is 23.3 Å². The second-order valence-electron chi connectivity index (χ2n) is 8.26. The van der Waals surface area contributed by atoms with Gasteiger partial charge < -0.3 is 9.64 Å². The number of ether oxygens (including phenoxy) is 1. The summed E-state index contributed by atoms with van der Waals surface area (Å²) in [5.41, 5.74) is 3.14. The standard InChI is InChI=1S/C22H20BrClFNOS/c23-13-9-15(25)21-17-8-12-7-14(24)3-4-16(12)26(17)22(27-18(21)10-13)20-6-5-19(28-20)11-1-2-11/h3-5,7,10-11,15,17,20,22H,1-2,6,8-9H2. The van der Waals surface area contributed by atoms with Gasteiger partial charge in [0.2, 0.25) is 0 Å². The lowest BCUT2D eigenvalue weighted by Gasteiger charge is -2.45. The van der Waals surface area contributed by atoms with Crippen LogP contribution in [0.4, 0.5) is 10.1 Å². The van der Waals surface area contributed by atoms with Gasteiger partial charge in [-0.1, -0.05) is 33.6 Å². The summed E-state index contributed by atoms with van der Waals surface area (Å²) >= 11 is 11.7. The van der Waals surface area contributed by atoms with Gasteiger partial charge in [-0.3, -0.25) is 0 Å². The molecule has 146 valence electrons. The largest absolute Gasteiger partial charge is 0.469 e. The molecule has 28 heavy (non-hydrogen) atoms. The minimum atomic E-state index is -1.01. The first kappa shape index (κ1) is 17.9. The Kier molecular flexibility index (Phi) is 4.19. The molecule has 0 N–H and O–H groups in total. The molecule has 0 bridgehead atoms. The van der Waals surface area contributed by atoms with Crippen molar-refractivity contribution in [3.05, 3.63) is 61.7 Å². The Labute approximate surface area is 182 Å². The van der Waals surface area contributed by atoms with E-state index in [1.54, 1.807) is 0 Å². The second-order valence-corrected chi connectivity index (χ2v) is 11.0. The maximum Gasteiger partial charge on any atom is 0.185 e. The normalized spacial score (nSPS) is 33.8. The second kappa shape index (κ2) is 6.55. The summed E-state index contributed by atoms with van der Waals surface area (Å²) in [5.74, 6) is 1.50. The highest BCUT2D eigenvalue weighted by molar-refractivity contribution is 9.11. The van der Waals surface area contributed by atoms with Crippen molar-refractivity contribution < 1.29 is 9.13 Å². The monoisotopic (exact) mass is 479 g/mol. The van der Waals surface area contributed by atoms with E-state index < -0.39 is 6.17 Å². The number of hydrogen-bond donors (Lipinski definition) is 0. The van der Waals surface area contributed by atoms with E-state index in [1.807, 2.05) is 30.0 Å². The van der Waals surface area contributed by atoms with Crippen molar-refractivity contribution in [1.29, 1.82) is 0 Å². The smallest absolute Gasteiger partial charge is 0.185 e. The third-order valence-electron chi connectivity index (χ3n) is 6.37. The Morgan fingerprint density at radius 1 is 1.25 bits per heavy atom. The Morgan fingerprint density at radius 3 is 2.93 bits per heavy atom. The molecule has 2 nitrogen and oxygen atoms in total. The molecule has 3 heterocycles. The van der Waals surface area contributed by atoms with Gasteiger partial charge in [-0.2, -0.15) is 0 Å². The molecule has 1 saturated carbocycles. The number of hydrogen-bond acceptors (Lipinski definition) is 3. The number of thioether (sulfide) groups is 1. The van der Waals surface area contributed by atoms with Gasteiger partial charge in [-0.25, -0.2) is 4.39 Å². The van der Waals surface area contributed by atoms with Gasteiger partial charge in [0, 0.05) is 27.2 Å². The summed E-state index contributed by atoms with van der Waals surface area (Å²) in [7, 11) is 0. The molecular weight excluding hydrogens is 461 g/mol. The van der Waals surface area contributed by atoms with Gasteiger partial charge in [-0.15, -0.1) is 11.8 Å². The van der Waals surface area contributed by atoms with Crippen molar-refractivity contribution in [2.75, 3.05) is 4.90 Å². The summed E-state index contributed by atoms with van der Waals surface area (Å²) < 4.78 is 22.5. The van der Waals surface area contributed by atoms with Crippen molar-refractivity contribution in [3.8, 4) is 0 Å². The van der Waals surface area contributed by atoms with Crippen LogP contribution in [0, 0.1) is 5.92 Å². The van der Waals surface area contributed by atoms with Crippen LogP contribution in [0.3, 0.4) is 0 Å². The highest BCUT2D eigenvalue weighted by Crippen LogP contribution is 2.53. The molecule has 6 rings (SSSR count). The highest BCUT2D eigenvalue weighted by atomic mass is 79.9. The molecule has 1 aromatic carbocycles. The maximum atomic E-state index is 15.1. The molecule has 0 radical (unpaired) electrons. The van der Waals surface area contributed by atoms with Crippen LogP contribution in [0.2, 0.25) is 5.02 Å². The zero-order valence-electron chi connectivity index (χ0n) is 15.2. The molecule has 4 atom stereocenters. The first-order valence-electron chi connectivity index (χ1n) is 9.93. The third kappa shape index (κ3) is 2.80. The van der Waals surface area contributed by atoms with Crippen molar-refractivity contribution >= 4 is 45.0 Å². The Hall–Kier alpha value is -0.910. The van der Waals surface area contributed by atoms with Gasteiger partial charge in [0.05, 0.1) is 11.3 Å². The fourth-order valence-corrected chi connectivity index (χ4v) is 7.12. The van der Waals surface area contributed by atoms with Gasteiger partial charge >= 0.3 is 0 Å². The number of fused-ring (bicyclic) bond motifs is 4. The number of rotatable bonds is 2. The lowest BCUT2D eigenvalue weighted by molar-refractivity contribution is 0.0878. The lowest BCUT2D eigenvalue weighted by Crippen LogP contribution is -2.53. The molecular formula is C22H20BrClFNOS. The molecule has 2 aliphatic carbocycles. The number of allylic oxidation sites excluding steroid dienone is 4. The van der Waals surface area contributed by atoms with E-state index in [4.69, 9.17) is 16.3 Å². The fraction of sp³-hybridized carbons (Fsp3) is 0.455. The van der Waals surface area contributed by atoms with E-state index in [2.05, 4.69) is 33.0 Å². The SMILES string of the molecule is FC1CC(Br)=CC2=C1C1Cc3cc(Cl)ccc3N1C(C1CC=C(C3CC3)S1)O2. The quantitative estimate of drug-likeness (QED) is 0.479. The van der Waals surface area contributed by atoms with Crippen LogP contribution < -0.4 is 4.90 Å². The average molecular weight is 481 g/mol. The van der Waals surface area contributed by atoms with Crippen LogP contribution in [0.1, 0.15) is 31.2 Å². The van der Waals surface area contributed by atoms with Crippen LogP contribution in [0.5, 0.6) is 0 Å². The highest BCUT2D eigenvalue weighted by Gasteiger charge is 2.49. The first-order valence-corrected chi connectivity index (χ1v) is 12.0. The van der Waals surface area contributed by atoms with Crippen LogP contribution in [0.15, 0.2) is 51.1 Å². The van der Waals surface area contributed by atoms with Crippen LogP contribution in [-0.2, 0) is 11.2 Å². The summed E-state index contributed by atoms with van der Waals surface area (Å²) in [6, 6.07) is 6.06. The molecule has 0 amide bonds. The molecule has 0 spiro atoms. The molecule has 1 fully saturated rings. The number of nitrogens with zero attached hydrogens (tertiary/aromatic N) is 1. The van der Waals surface area contributed by atoms with Crippen molar-refractivity contribution in [1.82, 2.24) is 0 Å². The van der Waals surface area contributed by atoms with E-state index >= 15 is 4.39 Å². The predicted molar refractivity (Wildman–Crippen MR) is 117 cm³/mol. The molecule has 1 aromatic rings. The minimum absolute atomic E-state index is 0.0136. The Bertz CT molecular complexity index is 956. The average Bonchev–Trinajstić information content (AvgIpc) is 3.26. The predicted octanol–water partition coefficient (Wildman–Crippen LogP) is 6.50. The van der Waals surface area contributed by atoms with Crippen molar-refractivity contribution in [3.63, 3.8) is 0 Å². The van der Waals surface area contributed by atoms with Gasteiger partial charge in [0.1, 0.15) is 11.9 Å². The molecule has 5 aliphatic rings. The van der Waals surface area contributed by atoms with Gasteiger partial charge in [0.25, 0.3) is 0 Å². The number of halogens is 3. The Balaban J connectivity index is 1.41. The van der Waals surface area contributed by atoms with Crippen LogP contribution >= 0.6 is 39.3 Å². The fourth-order valence-electron chi connectivity index (χ4n) is 4.96. The molecule has 6 heteroatoms. The summed E-state index contributed by atoms with van der Waals surface area (Å²) in [6.07, 6.45) is 8.12. The number of benzene rings is 1. The number of alkyl halides is 1. The maximum absolute atomic E-state index is 15.1. The first-order chi connectivity index (χ1) is 13.6. The topological polar surface area (TPSA) is 12.5 Å². The van der Waals surface area contributed by atoms with E-state index in [0.717, 1.165) is 45.3 Å². The summed E-state index contributed by atoms with van der Waals surface area (Å²) in [5, 5.41) is 1.07. The minimum Gasteiger partial charge on any atom is -0.469 e. The van der Waals surface area contributed by atoms with Gasteiger partial charge in [-0.05, 0) is 66.3 Å². The van der Waals surface area contributed by atoms with Gasteiger partial charge in [0.15, 0.2) is 6.23 Å². The molecule has 0 saturated heterocycles. The Morgan fingerprint density at radius 2 is 2.11 bits per heavy atom. The van der Waals surface area contributed by atoms with Crippen LogP contribution in [-0.4, -0.2) is 23.7 Å².